The van der Waals surface area contributed by atoms with Crippen molar-refractivity contribution in [2.75, 3.05) is 30.8 Å². The van der Waals surface area contributed by atoms with Gasteiger partial charge in [0.1, 0.15) is 18.3 Å². The van der Waals surface area contributed by atoms with Crippen molar-refractivity contribution in [3.63, 3.8) is 0 Å². The van der Waals surface area contributed by atoms with Crippen LogP contribution < -0.4 is 14.4 Å². The predicted molar refractivity (Wildman–Crippen MR) is 144 cm³/mol. The second kappa shape index (κ2) is 13.7. The maximum absolute atomic E-state index is 13.6. The van der Waals surface area contributed by atoms with E-state index in [1.807, 2.05) is 13.8 Å². The second-order valence-corrected chi connectivity index (χ2v) is 11.0. The lowest BCUT2D eigenvalue weighted by Gasteiger charge is -2.33. The van der Waals surface area contributed by atoms with Crippen LogP contribution >= 0.6 is 23.2 Å². The number of rotatable bonds is 13. The van der Waals surface area contributed by atoms with Crippen LogP contribution in [0.5, 0.6) is 5.75 Å². The van der Waals surface area contributed by atoms with Crippen molar-refractivity contribution in [2.45, 2.75) is 45.7 Å². The molecule has 11 heteroatoms. The van der Waals surface area contributed by atoms with Gasteiger partial charge in [-0.1, -0.05) is 55.6 Å². The summed E-state index contributed by atoms with van der Waals surface area (Å²) < 4.78 is 31.5. The van der Waals surface area contributed by atoms with Crippen molar-refractivity contribution < 1.29 is 22.7 Å². The highest BCUT2D eigenvalue weighted by Crippen LogP contribution is 2.28. The molecule has 0 aliphatic rings. The number of nitrogens with zero attached hydrogens (tertiary/aromatic N) is 2. The lowest BCUT2D eigenvalue weighted by molar-refractivity contribution is -0.140. The maximum atomic E-state index is 13.6. The number of sulfonamides is 1. The molecular formula is C25H33Cl2N3O5S. The van der Waals surface area contributed by atoms with Gasteiger partial charge in [-0.05, 0) is 48.7 Å². The number of carbonyl (C=O) groups excluding carboxylic acids is 2. The summed E-state index contributed by atoms with van der Waals surface area (Å²) >= 11 is 12.1. The molecule has 2 aromatic carbocycles. The summed E-state index contributed by atoms with van der Waals surface area (Å²) in [6.07, 6.45) is 3.09. The van der Waals surface area contributed by atoms with Crippen LogP contribution in [-0.2, 0) is 26.2 Å². The molecule has 0 saturated carbocycles. The van der Waals surface area contributed by atoms with E-state index in [0.29, 0.717) is 18.7 Å². The highest BCUT2D eigenvalue weighted by molar-refractivity contribution is 7.92. The molecule has 0 aliphatic heterocycles. The van der Waals surface area contributed by atoms with E-state index in [4.69, 9.17) is 27.9 Å². The molecule has 8 nitrogen and oxygen atoms in total. The third kappa shape index (κ3) is 8.28. The second-order valence-electron chi connectivity index (χ2n) is 8.31. The lowest BCUT2D eigenvalue weighted by Crippen LogP contribution is -2.52. The minimum Gasteiger partial charge on any atom is -0.497 e. The first-order chi connectivity index (χ1) is 17.0. The molecule has 0 spiro atoms. The Bertz CT molecular complexity index is 1140. The van der Waals surface area contributed by atoms with E-state index in [2.05, 4.69) is 5.32 Å². The average Bonchev–Trinajstić information content (AvgIpc) is 2.84. The van der Waals surface area contributed by atoms with Crippen LogP contribution in [0.4, 0.5) is 5.69 Å². The number of hydrogen-bond donors (Lipinski definition) is 1. The van der Waals surface area contributed by atoms with Crippen molar-refractivity contribution in [3.05, 3.63) is 58.1 Å². The predicted octanol–water partition coefficient (Wildman–Crippen LogP) is 4.49. The van der Waals surface area contributed by atoms with Gasteiger partial charge in [0, 0.05) is 13.1 Å². The number of hydrogen-bond acceptors (Lipinski definition) is 5. The molecule has 2 aromatic rings. The van der Waals surface area contributed by atoms with Crippen LogP contribution in [0, 0.1) is 0 Å². The Morgan fingerprint density at radius 2 is 1.72 bits per heavy atom. The van der Waals surface area contributed by atoms with Crippen molar-refractivity contribution in [1.82, 2.24) is 10.2 Å². The fraction of sp³-hybridized carbons (Fsp3) is 0.440. The fourth-order valence-corrected chi connectivity index (χ4v) is 4.74. The summed E-state index contributed by atoms with van der Waals surface area (Å²) in [5, 5.41) is 3.31. The number of unbranched alkanes of at least 4 members (excludes halogenated alkanes) is 1. The highest BCUT2D eigenvalue weighted by atomic mass is 35.5. The van der Waals surface area contributed by atoms with Crippen LogP contribution in [0.3, 0.4) is 0 Å². The van der Waals surface area contributed by atoms with Crippen LogP contribution in [0.15, 0.2) is 42.5 Å². The smallest absolute Gasteiger partial charge is 0.244 e. The SMILES string of the molecule is CCCCNC(=O)[C@@H](CC)N(Cc1ccc(OC)cc1)C(=O)CN(c1ccc(Cl)c(Cl)c1)S(C)(=O)=O. The maximum Gasteiger partial charge on any atom is 0.244 e. The van der Waals surface area contributed by atoms with Crippen molar-refractivity contribution >= 4 is 50.7 Å². The Balaban J connectivity index is 2.42. The lowest BCUT2D eigenvalue weighted by atomic mass is 10.1. The molecule has 0 unspecified atom stereocenters. The van der Waals surface area contributed by atoms with E-state index in [1.165, 1.54) is 23.1 Å². The van der Waals surface area contributed by atoms with Crippen LogP contribution in [-0.4, -0.2) is 57.6 Å². The van der Waals surface area contributed by atoms with Gasteiger partial charge in [0.25, 0.3) is 0 Å². The standard InChI is InChI=1S/C25H33Cl2N3O5S/c1-5-7-14-28-25(32)23(6-2)29(16-18-8-11-20(35-3)12-9-18)24(31)17-30(36(4,33)34)19-10-13-21(26)22(27)15-19/h8-13,15,23H,5-7,14,16-17H2,1-4H3,(H,28,32)/t23-/m1/s1. The van der Waals surface area contributed by atoms with Gasteiger partial charge in [0.05, 0.1) is 29.1 Å². The zero-order chi connectivity index (χ0) is 26.9. The molecule has 36 heavy (non-hydrogen) atoms. The van der Waals surface area contributed by atoms with Crippen LogP contribution in [0.25, 0.3) is 0 Å². The molecule has 0 saturated heterocycles. The third-order valence-electron chi connectivity index (χ3n) is 5.60. The Labute approximate surface area is 223 Å². The zero-order valence-electron chi connectivity index (χ0n) is 21.0. The van der Waals surface area contributed by atoms with Gasteiger partial charge in [-0.25, -0.2) is 8.42 Å². The van der Waals surface area contributed by atoms with Gasteiger partial charge < -0.3 is 15.0 Å². The number of methoxy groups -OCH3 is 1. The van der Waals surface area contributed by atoms with Gasteiger partial charge in [0.15, 0.2) is 0 Å². The van der Waals surface area contributed by atoms with Crippen molar-refractivity contribution in [1.29, 1.82) is 0 Å². The van der Waals surface area contributed by atoms with E-state index in [9.17, 15) is 18.0 Å². The minimum absolute atomic E-state index is 0.113. The first-order valence-corrected chi connectivity index (χ1v) is 14.2. The van der Waals surface area contributed by atoms with E-state index >= 15 is 0 Å². The van der Waals surface area contributed by atoms with E-state index in [-0.39, 0.29) is 28.2 Å². The van der Waals surface area contributed by atoms with Crippen LogP contribution in [0.1, 0.15) is 38.7 Å². The third-order valence-corrected chi connectivity index (χ3v) is 7.48. The molecule has 1 N–H and O–H groups in total. The number of ether oxygens (including phenoxy) is 1. The topological polar surface area (TPSA) is 96.0 Å². The monoisotopic (exact) mass is 557 g/mol. The number of halogens is 2. The molecule has 2 rings (SSSR count). The summed E-state index contributed by atoms with van der Waals surface area (Å²) in [7, 11) is -2.30. The molecule has 0 fully saturated rings. The minimum atomic E-state index is -3.86. The Morgan fingerprint density at radius 3 is 2.25 bits per heavy atom. The van der Waals surface area contributed by atoms with E-state index in [0.717, 1.165) is 29.0 Å². The molecule has 2 amide bonds. The molecule has 0 bridgehead atoms. The zero-order valence-corrected chi connectivity index (χ0v) is 23.3. The number of nitrogens with one attached hydrogen (secondary N) is 1. The first kappa shape index (κ1) is 29.7. The molecule has 198 valence electrons. The van der Waals surface area contributed by atoms with Crippen LogP contribution in [0.2, 0.25) is 10.0 Å². The van der Waals surface area contributed by atoms with Gasteiger partial charge in [0.2, 0.25) is 21.8 Å². The summed E-state index contributed by atoms with van der Waals surface area (Å²) in [5.41, 5.74) is 0.967. The molecule has 0 aliphatic carbocycles. The van der Waals surface area contributed by atoms with Crippen molar-refractivity contribution in [3.8, 4) is 5.75 Å². The number of carbonyl (C=O) groups is 2. The van der Waals surface area contributed by atoms with Gasteiger partial charge >= 0.3 is 0 Å². The van der Waals surface area contributed by atoms with Gasteiger partial charge in [-0.15, -0.1) is 0 Å². The van der Waals surface area contributed by atoms with E-state index in [1.54, 1.807) is 31.4 Å². The number of amides is 2. The Morgan fingerprint density at radius 1 is 1.06 bits per heavy atom. The molecule has 0 radical (unpaired) electrons. The van der Waals surface area contributed by atoms with Gasteiger partial charge in [-0.3, -0.25) is 13.9 Å². The first-order valence-electron chi connectivity index (χ1n) is 11.6. The molecule has 1 atom stereocenters. The summed E-state index contributed by atoms with van der Waals surface area (Å²) in [6, 6.07) is 10.7. The summed E-state index contributed by atoms with van der Waals surface area (Å²) in [5.74, 6) is -0.156. The Kier molecular flexibility index (Phi) is 11.3. The van der Waals surface area contributed by atoms with E-state index < -0.39 is 28.5 Å². The molecule has 0 heterocycles. The average molecular weight is 559 g/mol. The number of benzene rings is 2. The number of anilines is 1. The largest absolute Gasteiger partial charge is 0.497 e. The summed E-state index contributed by atoms with van der Waals surface area (Å²) in [4.78, 5) is 28.1. The fourth-order valence-electron chi connectivity index (χ4n) is 3.61. The molecule has 0 aromatic heterocycles. The van der Waals surface area contributed by atoms with Crippen molar-refractivity contribution in [2.24, 2.45) is 0 Å². The quantitative estimate of drug-likeness (QED) is 0.366. The summed E-state index contributed by atoms with van der Waals surface area (Å²) in [6.45, 7) is 3.93. The van der Waals surface area contributed by atoms with Gasteiger partial charge in [-0.2, -0.15) is 0 Å². The molecular weight excluding hydrogens is 525 g/mol. The highest BCUT2D eigenvalue weighted by Gasteiger charge is 2.31. The Hall–Kier alpha value is -2.49. The normalized spacial score (nSPS) is 12.1.